The fourth-order valence-electron chi connectivity index (χ4n) is 1.95. The summed E-state index contributed by atoms with van der Waals surface area (Å²) >= 11 is 1.72. The van der Waals surface area contributed by atoms with E-state index in [2.05, 4.69) is 46.5 Å². The molecule has 4 N–H and O–H groups in total. The predicted octanol–water partition coefficient (Wildman–Crippen LogP) is 2.52. The van der Waals surface area contributed by atoms with Gasteiger partial charge in [-0.3, -0.25) is 0 Å². The molecule has 0 unspecified atom stereocenters. The summed E-state index contributed by atoms with van der Waals surface area (Å²) in [5.41, 5.74) is 3.61. The van der Waals surface area contributed by atoms with Gasteiger partial charge >= 0.3 is 0 Å². The molecular weight excluding hydrogens is 272 g/mol. The Bertz CT molecular complexity index is 566. The molecule has 0 aliphatic heterocycles. The van der Waals surface area contributed by atoms with Crippen LogP contribution in [0.5, 0.6) is 0 Å². The summed E-state index contributed by atoms with van der Waals surface area (Å²) in [7, 11) is 0. The number of thiazole rings is 1. The number of hydrogen-bond acceptors (Lipinski definition) is 7. The Morgan fingerprint density at radius 2 is 2.00 bits per heavy atom. The van der Waals surface area contributed by atoms with E-state index in [-0.39, 0.29) is 5.92 Å². The highest BCUT2D eigenvalue weighted by molar-refractivity contribution is 7.11. The Labute approximate surface area is 122 Å². The summed E-state index contributed by atoms with van der Waals surface area (Å²) in [6.45, 7) is 6.96. The quantitative estimate of drug-likeness (QED) is 0.560. The largest absolute Gasteiger partial charge is 0.363 e. The molecule has 0 radical (unpaired) electrons. The van der Waals surface area contributed by atoms with Crippen LogP contribution in [0.4, 0.5) is 11.6 Å². The summed E-state index contributed by atoms with van der Waals surface area (Å²) in [6.07, 6.45) is 4.45. The van der Waals surface area contributed by atoms with Gasteiger partial charge in [0.2, 0.25) is 0 Å². The van der Waals surface area contributed by atoms with Crippen molar-refractivity contribution in [2.24, 2.45) is 5.84 Å². The van der Waals surface area contributed by atoms with Crippen molar-refractivity contribution >= 4 is 23.0 Å². The van der Waals surface area contributed by atoms with E-state index in [1.54, 1.807) is 11.3 Å². The maximum atomic E-state index is 5.51. The zero-order valence-corrected chi connectivity index (χ0v) is 12.8. The highest BCUT2D eigenvalue weighted by atomic mass is 32.1. The van der Waals surface area contributed by atoms with Crippen LogP contribution in [-0.2, 0) is 13.0 Å². The lowest BCUT2D eigenvalue weighted by Crippen LogP contribution is -2.15. The zero-order valence-electron chi connectivity index (χ0n) is 12.0. The average molecular weight is 292 g/mol. The lowest BCUT2D eigenvalue weighted by Gasteiger charge is -2.15. The first-order chi connectivity index (χ1) is 9.65. The smallest absolute Gasteiger partial charge is 0.148 e. The second-order valence-electron chi connectivity index (χ2n) is 4.71. The van der Waals surface area contributed by atoms with Crippen LogP contribution in [0.15, 0.2) is 12.5 Å². The molecule has 2 aromatic rings. The Balaban J connectivity index is 2.16. The van der Waals surface area contributed by atoms with Crippen molar-refractivity contribution < 1.29 is 0 Å². The van der Waals surface area contributed by atoms with E-state index in [4.69, 9.17) is 5.84 Å². The molecule has 0 saturated heterocycles. The molecule has 6 nitrogen and oxygen atoms in total. The normalized spacial score (nSPS) is 10.8. The number of aromatic nitrogens is 3. The van der Waals surface area contributed by atoms with Crippen molar-refractivity contribution in [3.8, 4) is 0 Å². The second kappa shape index (κ2) is 6.62. The first kappa shape index (κ1) is 14.7. The molecule has 2 aromatic heterocycles. The first-order valence-electron chi connectivity index (χ1n) is 6.64. The lowest BCUT2D eigenvalue weighted by atomic mass is 10.0. The predicted molar refractivity (Wildman–Crippen MR) is 82.7 cm³/mol. The number of aryl methyl sites for hydroxylation is 1. The standard InChI is InChI=1S/C13H20N6S/c1-4-9-5-15-10(20-9)6-16-12-11(8(2)3)13(19-14)18-7-17-12/h5,7-8H,4,6,14H2,1-3H3,(H2,16,17,18,19). The van der Waals surface area contributed by atoms with Crippen molar-refractivity contribution in [1.82, 2.24) is 15.0 Å². The van der Waals surface area contributed by atoms with Crippen molar-refractivity contribution in [3.05, 3.63) is 28.0 Å². The summed E-state index contributed by atoms with van der Waals surface area (Å²) in [6, 6.07) is 0. The van der Waals surface area contributed by atoms with Gasteiger partial charge in [0.1, 0.15) is 23.0 Å². The number of nitrogen functional groups attached to an aromatic ring is 1. The molecule has 0 amide bonds. The van der Waals surface area contributed by atoms with E-state index in [1.807, 2.05) is 6.20 Å². The average Bonchev–Trinajstić information content (AvgIpc) is 2.92. The summed E-state index contributed by atoms with van der Waals surface area (Å²) < 4.78 is 0. The minimum atomic E-state index is 0.271. The highest BCUT2D eigenvalue weighted by Gasteiger charge is 2.14. The van der Waals surface area contributed by atoms with Crippen molar-refractivity contribution in [2.45, 2.75) is 39.7 Å². The molecule has 108 valence electrons. The molecule has 0 spiro atoms. The fraction of sp³-hybridized carbons (Fsp3) is 0.462. The number of nitrogens with zero attached hydrogens (tertiary/aromatic N) is 3. The number of rotatable bonds is 6. The first-order valence-corrected chi connectivity index (χ1v) is 7.46. The summed E-state index contributed by atoms with van der Waals surface area (Å²) in [5.74, 6) is 7.24. The Morgan fingerprint density at radius 1 is 1.25 bits per heavy atom. The van der Waals surface area contributed by atoms with E-state index in [9.17, 15) is 0 Å². The summed E-state index contributed by atoms with van der Waals surface area (Å²) in [4.78, 5) is 14.1. The molecular formula is C13H20N6S. The monoisotopic (exact) mass is 292 g/mol. The van der Waals surface area contributed by atoms with E-state index in [0.29, 0.717) is 12.4 Å². The molecule has 0 atom stereocenters. The lowest BCUT2D eigenvalue weighted by molar-refractivity contribution is 0.844. The van der Waals surface area contributed by atoms with E-state index >= 15 is 0 Å². The number of hydrogen-bond donors (Lipinski definition) is 3. The van der Waals surface area contributed by atoms with E-state index in [1.165, 1.54) is 11.2 Å². The van der Waals surface area contributed by atoms with Gasteiger partial charge < -0.3 is 10.7 Å². The Hall–Kier alpha value is -1.73. The number of anilines is 2. The van der Waals surface area contributed by atoms with Crippen LogP contribution in [-0.4, -0.2) is 15.0 Å². The minimum Gasteiger partial charge on any atom is -0.363 e. The fourth-order valence-corrected chi connectivity index (χ4v) is 2.75. The maximum absolute atomic E-state index is 5.51. The highest BCUT2D eigenvalue weighted by Crippen LogP contribution is 2.28. The topological polar surface area (TPSA) is 88.8 Å². The van der Waals surface area contributed by atoms with Crippen LogP contribution in [0.1, 0.15) is 42.1 Å². The number of hydrazine groups is 1. The van der Waals surface area contributed by atoms with Crippen molar-refractivity contribution in [3.63, 3.8) is 0 Å². The van der Waals surface area contributed by atoms with Crippen LogP contribution in [0, 0.1) is 0 Å². The van der Waals surface area contributed by atoms with Gasteiger partial charge in [0.15, 0.2) is 0 Å². The van der Waals surface area contributed by atoms with Gasteiger partial charge in [0.25, 0.3) is 0 Å². The Morgan fingerprint density at radius 3 is 2.60 bits per heavy atom. The third-order valence-electron chi connectivity index (χ3n) is 2.95. The van der Waals surface area contributed by atoms with Crippen molar-refractivity contribution in [1.29, 1.82) is 0 Å². The molecule has 2 rings (SSSR count). The van der Waals surface area contributed by atoms with Crippen LogP contribution < -0.4 is 16.6 Å². The molecule has 0 aromatic carbocycles. The van der Waals surface area contributed by atoms with Gasteiger partial charge in [-0.1, -0.05) is 20.8 Å². The van der Waals surface area contributed by atoms with Gasteiger partial charge in [-0.2, -0.15) is 0 Å². The van der Waals surface area contributed by atoms with Gasteiger partial charge in [0.05, 0.1) is 6.54 Å². The maximum Gasteiger partial charge on any atom is 0.148 e. The van der Waals surface area contributed by atoms with Gasteiger partial charge in [0, 0.05) is 16.6 Å². The third-order valence-corrected chi connectivity index (χ3v) is 4.10. The zero-order chi connectivity index (χ0) is 14.5. The molecule has 0 bridgehead atoms. The van der Waals surface area contributed by atoms with E-state index in [0.717, 1.165) is 22.8 Å². The molecule has 7 heteroatoms. The van der Waals surface area contributed by atoms with E-state index < -0.39 is 0 Å². The Kier molecular flexibility index (Phi) is 4.86. The van der Waals surface area contributed by atoms with Gasteiger partial charge in [-0.15, -0.1) is 11.3 Å². The molecule has 0 fully saturated rings. The second-order valence-corrected chi connectivity index (χ2v) is 5.91. The molecule has 0 aliphatic rings. The van der Waals surface area contributed by atoms with Crippen molar-refractivity contribution in [2.75, 3.05) is 10.7 Å². The molecule has 0 aliphatic carbocycles. The van der Waals surface area contributed by atoms with Gasteiger partial charge in [-0.05, 0) is 12.3 Å². The molecule has 20 heavy (non-hydrogen) atoms. The van der Waals surface area contributed by atoms with Crippen LogP contribution in [0.25, 0.3) is 0 Å². The SMILES string of the molecule is CCc1cnc(CNc2ncnc(NN)c2C(C)C)s1. The molecule has 0 saturated carbocycles. The molecule has 2 heterocycles. The van der Waals surface area contributed by atoms with Crippen LogP contribution in [0.3, 0.4) is 0 Å². The number of nitrogens with one attached hydrogen (secondary N) is 2. The minimum absolute atomic E-state index is 0.271. The number of nitrogens with two attached hydrogens (primary N) is 1. The van der Waals surface area contributed by atoms with Gasteiger partial charge in [-0.25, -0.2) is 20.8 Å². The van der Waals surface area contributed by atoms with Crippen LogP contribution in [0.2, 0.25) is 0 Å². The van der Waals surface area contributed by atoms with Crippen LogP contribution >= 0.6 is 11.3 Å². The third kappa shape index (κ3) is 3.23. The summed E-state index contributed by atoms with van der Waals surface area (Å²) in [5, 5.41) is 4.38.